The van der Waals surface area contributed by atoms with Crippen LogP contribution in [0.5, 0.6) is 17.2 Å². The third kappa shape index (κ3) is 5.49. The van der Waals surface area contributed by atoms with E-state index in [4.69, 9.17) is 38.0 Å². The first-order valence-electron chi connectivity index (χ1n) is 9.13. The molecule has 0 aromatic heterocycles. The first-order chi connectivity index (χ1) is 14.5. The van der Waals surface area contributed by atoms with Gasteiger partial charge in [-0.3, -0.25) is 20.2 Å². The minimum Gasteiger partial charge on any atom is -0.490 e. The van der Waals surface area contributed by atoms with Gasteiger partial charge in [-0.1, -0.05) is 29.8 Å². The van der Waals surface area contributed by atoms with Gasteiger partial charge in [0.2, 0.25) is 0 Å². The zero-order chi connectivity index (χ0) is 21.5. The van der Waals surface area contributed by atoms with Crippen molar-refractivity contribution in [3.63, 3.8) is 0 Å². The van der Waals surface area contributed by atoms with Gasteiger partial charge < -0.3 is 14.2 Å². The third-order valence-corrected chi connectivity index (χ3v) is 4.41. The van der Waals surface area contributed by atoms with Crippen molar-refractivity contribution in [2.75, 3.05) is 19.8 Å². The zero-order valence-electron chi connectivity index (χ0n) is 16.1. The molecule has 0 spiro atoms. The summed E-state index contributed by atoms with van der Waals surface area (Å²) in [5.41, 5.74) is 0.413. The number of ether oxygens (including phenoxy) is 3. The highest BCUT2D eigenvalue weighted by atomic mass is 35.5. The van der Waals surface area contributed by atoms with E-state index in [-0.39, 0.29) is 22.3 Å². The standard InChI is InChI=1S/C21H19ClN2O5S/c1-2-27-17-12-13(10-15-19(25)23-21(30)24-20(15)26)11-16(22)18(17)29-9-8-28-14-6-4-3-5-7-14/h3-7,10-12H,2,8-9H2,1H3,(H2,23,24,25,26,30). The summed E-state index contributed by atoms with van der Waals surface area (Å²) in [7, 11) is 0. The molecule has 1 saturated heterocycles. The van der Waals surface area contributed by atoms with Crippen molar-refractivity contribution in [3.05, 3.63) is 58.6 Å². The highest BCUT2D eigenvalue weighted by Crippen LogP contribution is 2.37. The van der Waals surface area contributed by atoms with Gasteiger partial charge in [-0.05, 0) is 55.0 Å². The van der Waals surface area contributed by atoms with Crippen molar-refractivity contribution in [2.45, 2.75) is 6.92 Å². The van der Waals surface area contributed by atoms with Crippen molar-refractivity contribution >= 4 is 46.8 Å². The second-order valence-electron chi connectivity index (χ2n) is 6.07. The summed E-state index contributed by atoms with van der Waals surface area (Å²) >= 11 is 11.2. The molecule has 1 aliphatic heterocycles. The van der Waals surface area contributed by atoms with Crippen LogP contribution in [0.1, 0.15) is 12.5 Å². The van der Waals surface area contributed by atoms with Crippen LogP contribution in [0.3, 0.4) is 0 Å². The van der Waals surface area contributed by atoms with E-state index in [2.05, 4.69) is 10.6 Å². The van der Waals surface area contributed by atoms with Gasteiger partial charge in [0, 0.05) is 0 Å². The second-order valence-corrected chi connectivity index (χ2v) is 6.88. The lowest BCUT2D eigenvalue weighted by molar-refractivity contribution is -0.123. The molecule has 7 nitrogen and oxygen atoms in total. The number of thiocarbonyl (C=S) groups is 1. The van der Waals surface area contributed by atoms with Gasteiger partial charge in [0.15, 0.2) is 16.6 Å². The van der Waals surface area contributed by atoms with Crippen LogP contribution in [0.15, 0.2) is 48.0 Å². The van der Waals surface area contributed by atoms with Crippen LogP contribution in [0.4, 0.5) is 0 Å². The smallest absolute Gasteiger partial charge is 0.263 e. The minimum absolute atomic E-state index is 0.0309. The summed E-state index contributed by atoms with van der Waals surface area (Å²) < 4.78 is 17.0. The molecule has 2 aromatic carbocycles. The predicted octanol–water partition coefficient (Wildman–Crippen LogP) is 3.11. The number of benzene rings is 2. The van der Waals surface area contributed by atoms with E-state index >= 15 is 0 Å². The Labute approximate surface area is 184 Å². The van der Waals surface area contributed by atoms with Crippen LogP contribution < -0.4 is 24.8 Å². The van der Waals surface area contributed by atoms with Crippen LogP contribution in [-0.4, -0.2) is 36.7 Å². The molecule has 0 saturated carbocycles. The molecule has 2 aromatic rings. The number of hydrogen-bond donors (Lipinski definition) is 2. The molecule has 0 unspecified atom stereocenters. The topological polar surface area (TPSA) is 85.9 Å². The van der Waals surface area contributed by atoms with Gasteiger partial charge in [-0.15, -0.1) is 0 Å². The SMILES string of the molecule is CCOc1cc(C=C2C(=O)NC(=S)NC2=O)cc(Cl)c1OCCOc1ccccc1. The average Bonchev–Trinajstić information content (AvgIpc) is 2.70. The number of carbonyl (C=O) groups is 2. The molecule has 0 aliphatic carbocycles. The normalized spacial score (nSPS) is 13.4. The molecular formula is C21H19ClN2O5S. The summed E-state index contributed by atoms with van der Waals surface area (Å²) in [5.74, 6) is 0.315. The molecule has 0 bridgehead atoms. The maximum Gasteiger partial charge on any atom is 0.263 e. The number of amides is 2. The number of rotatable bonds is 8. The largest absolute Gasteiger partial charge is 0.490 e. The molecule has 156 valence electrons. The van der Waals surface area contributed by atoms with E-state index in [1.807, 2.05) is 37.3 Å². The Kier molecular flexibility index (Phi) is 7.26. The maximum absolute atomic E-state index is 12.0. The van der Waals surface area contributed by atoms with Crippen molar-refractivity contribution in [3.8, 4) is 17.2 Å². The highest BCUT2D eigenvalue weighted by Gasteiger charge is 2.26. The van der Waals surface area contributed by atoms with Crippen LogP contribution >= 0.6 is 23.8 Å². The minimum atomic E-state index is -0.587. The summed E-state index contributed by atoms with van der Waals surface area (Å²) in [6, 6.07) is 12.6. The molecule has 0 atom stereocenters. The van der Waals surface area contributed by atoms with E-state index in [1.165, 1.54) is 6.08 Å². The summed E-state index contributed by atoms with van der Waals surface area (Å²) in [6.07, 6.45) is 1.41. The lowest BCUT2D eigenvalue weighted by Crippen LogP contribution is -2.51. The van der Waals surface area contributed by atoms with Crippen molar-refractivity contribution in [2.24, 2.45) is 0 Å². The van der Waals surface area contributed by atoms with Gasteiger partial charge in [0.1, 0.15) is 24.5 Å². The number of para-hydroxylation sites is 1. The van der Waals surface area contributed by atoms with Crippen molar-refractivity contribution in [1.29, 1.82) is 0 Å². The summed E-state index contributed by atoms with van der Waals surface area (Å²) in [6.45, 7) is 2.77. The Hall–Kier alpha value is -3.10. The van der Waals surface area contributed by atoms with Gasteiger partial charge in [0.05, 0.1) is 11.6 Å². The Morgan fingerprint density at radius 3 is 2.33 bits per heavy atom. The lowest BCUT2D eigenvalue weighted by Gasteiger charge is -2.17. The van der Waals surface area contributed by atoms with E-state index in [0.29, 0.717) is 30.3 Å². The maximum atomic E-state index is 12.0. The van der Waals surface area contributed by atoms with Gasteiger partial charge in [-0.2, -0.15) is 0 Å². The first kappa shape index (κ1) is 21.6. The van der Waals surface area contributed by atoms with Crippen molar-refractivity contribution < 1.29 is 23.8 Å². The first-order valence-corrected chi connectivity index (χ1v) is 9.92. The van der Waals surface area contributed by atoms with Gasteiger partial charge in [0.25, 0.3) is 11.8 Å². The number of carbonyl (C=O) groups excluding carboxylic acids is 2. The molecule has 0 radical (unpaired) electrons. The Morgan fingerprint density at radius 2 is 1.67 bits per heavy atom. The molecule has 2 N–H and O–H groups in total. The second kappa shape index (κ2) is 10.1. The van der Waals surface area contributed by atoms with Crippen LogP contribution in [0.25, 0.3) is 6.08 Å². The fourth-order valence-corrected chi connectivity index (χ4v) is 3.13. The van der Waals surface area contributed by atoms with Crippen molar-refractivity contribution in [1.82, 2.24) is 10.6 Å². The third-order valence-electron chi connectivity index (χ3n) is 3.93. The quantitative estimate of drug-likeness (QED) is 0.280. The number of halogens is 1. The van der Waals surface area contributed by atoms with E-state index in [0.717, 1.165) is 5.75 Å². The number of nitrogens with one attached hydrogen (secondary N) is 2. The fourth-order valence-electron chi connectivity index (χ4n) is 2.67. The average molecular weight is 447 g/mol. The Morgan fingerprint density at radius 1 is 1.00 bits per heavy atom. The van der Waals surface area contributed by atoms with Gasteiger partial charge >= 0.3 is 0 Å². The molecule has 1 fully saturated rings. The molecule has 30 heavy (non-hydrogen) atoms. The number of hydrogen-bond acceptors (Lipinski definition) is 6. The fraction of sp³-hybridized carbons (Fsp3) is 0.190. The Bertz CT molecular complexity index is 972. The van der Waals surface area contributed by atoms with Gasteiger partial charge in [-0.25, -0.2) is 0 Å². The molecule has 3 rings (SSSR count). The van der Waals surface area contributed by atoms with Crippen LogP contribution in [-0.2, 0) is 9.59 Å². The molecule has 1 heterocycles. The highest BCUT2D eigenvalue weighted by molar-refractivity contribution is 7.80. The lowest BCUT2D eigenvalue weighted by atomic mass is 10.1. The van der Waals surface area contributed by atoms with Crippen LogP contribution in [0, 0.1) is 0 Å². The van der Waals surface area contributed by atoms with E-state index in [1.54, 1.807) is 12.1 Å². The summed E-state index contributed by atoms with van der Waals surface area (Å²) in [5, 5.41) is 5.01. The van der Waals surface area contributed by atoms with Crippen LogP contribution in [0.2, 0.25) is 5.02 Å². The molecule has 2 amide bonds. The Balaban J connectivity index is 1.75. The zero-order valence-corrected chi connectivity index (χ0v) is 17.6. The predicted molar refractivity (Wildman–Crippen MR) is 117 cm³/mol. The summed E-state index contributed by atoms with van der Waals surface area (Å²) in [4.78, 5) is 24.1. The molecule has 9 heteroatoms. The molecule has 1 aliphatic rings. The van der Waals surface area contributed by atoms with E-state index < -0.39 is 11.8 Å². The monoisotopic (exact) mass is 446 g/mol. The van der Waals surface area contributed by atoms with E-state index in [9.17, 15) is 9.59 Å². The molecular weight excluding hydrogens is 428 g/mol.